The van der Waals surface area contributed by atoms with Gasteiger partial charge in [-0.25, -0.2) is 14.8 Å². The molecular formula is C37H41F3N6O3. The number of aromatic nitrogens is 3. The number of anilines is 3. The number of fused-ring (bicyclic) bond motifs is 1. The molecule has 2 aromatic carbocycles. The van der Waals surface area contributed by atoms with Crippen LogP contribution in [0.5, 0.6) is 0 Å². The van der Waals surface area contributed by atoms with Gasteiger partial charge in [0.25, 0.3) is 0 Å². The number of hydrogen-bond donors (Lipinski definition) is 1. The average Bonchev–Trinajstić information content (AvgIpc) is 3.59. The van der Waals surface area contributed by atoms with Crippen LogP contribution < -0.4 is 10.2 Å². The van der Waals surface area contributed by atoms with Crippen LogP contribution in [0.1, 0.15) is 82.0 Å². The van der Waals surface area contributed by atoms with Crippen molar-refractivity contribution in [3.63, 3.8) is 0 Å². The van der Waals surface area contributed by atoms with Gasteiger partial charge in [0.15, 0.2) is 5.82 Å². The molecule has 1 saturated carbocycles. The number of halogens is 3. The lowest BCUT2D eigenvalue weighted by atomic mass is 9.84. The molecule has 0 unspecified atom stereocenters. The molecule has 6 rings (SSSR count). The largest absolute Gasteiger partial charge is 0.444 e. The number of nitrogens with zero attached hydrogens (tertiary/aromatic N) is 5. The minimum atomic E-state index is -4.56. The molecule has 1 saturated heterocycles. The molecule has 0 spiro atoms. The highest BCUT2D eigenvalue weighted by Gasteiger charge is 2.41. The van der Waals surface area contributed by atoms with E-state index in [9.17, 15) is 22.8 Å². The molecule has 2 aliphatic rings. The number of piperidine rings is 1. The first-order valence-electron chi connectivity index (χ1n) is 16.7. The molecule has 9 nitrogen and oxygen atoms in total. The number of benzene rings is 2. The predicted octanol–water partition coefficient (Wildman–Crippen LogP) is 8.76. The minimum absolute atomic E-state index is 0.0457. The van der Waals surface area contributed by atoms with Gasteiger partial charge in [0.05, 0.1) is 23.0 Å². The Morgan fingerprint density at radius 1 is 0.939 bits per heavy atom. The van der Waals surface area contributed by atoms with Crippen molar-refractivity contribution in [2.45, 2.75) is 90.1 Å². The monoisotopic (exact) mass is 674 g/mol. The van der Waals surface area contributed by atoms with Gasteiger partial charge < -0.3 is 19.9 Å². The number of aryl methyl sites for hydroxylation is 1. The van der Waals surface area contributed by atoms with Crippen LogP contribution in [0.15, 0.2) is 67.1 Å². The average molecular weight is 675 g/mol. The highest BCUT2D eigenvalue weighted by molar-refractivity contribution is 5.94. The molecule has 49 heavy (non-hydrogen) atoms. The van der Waals surface area contributed by atoms with Gasteiger partial charge in [-0.05, 0) is 101 Å². The van der Waals surface area contributed by atoms with Crippen molar-refractivity contribution < 1.29 is 27.5 Å². The lowest BCUT2D eigenvalue weighted by molar-refractivity contribution is -0.138. The van der Waals surface area contributed by atoms with Crippen LogP contribution in [-0.4, -0.2) is 50.0 Å². The maximum atomic E-state index is 13.9. The van der Waals surface area contributed by atoms with Crippen LogP contribution >= 0.6 is 0 Å². The van der Waals surface area contributed by atoms with Crippen molar-refractivity contribution in [1.29, 1.82) is 0 Å². The third kappa shape index (κ3) is 7.47. The Morgan fingerprint density at radius 3 is 2.37 bits per heavy atom. The summed E-state index contributed by atoms with van der Waals surface area (Å²) in [6.07, 6.45) is 3.30. The van der Waals surface area contributed by atoms with Gasteiger partial charge in [-0.3, -0.25) is 9.78 Å². The van der Waals surface area contributed by atoms with Crippen LogP contribution in [0.3, 0.4) is 0 Å². The van der Waals surface area contributed by atoms with Crippen molar-refractivity contribution in [1.82, 2.24) is 19.9 Å². The molecule has 3 heterocycles. The molecule has 12 heteroatoms. The number of pyridine rings is 1. The molecule has 2 aromatic heterocycles. The second-order valence-electron chi connectivity index (χ2n) is 13.9. The summed E-state index contributed by atoms with van der Waals surface area (Å²) < 4.78 is 46.8. The Morgan fingerprint density at radius 2 is 1.67 bits per heavy atom. The summed E-state index contributed by atoms with van der Waals surface area (Å²) in [4.78, 5) is 45.0. The number of carbonyl (C=O) groups excluding carboxylic acids is 2. The fourth-order valence-corrected chi connectivity index (χ4v) is 7.01. The SMILES string of the molecule is Cc1ccc(NC(=O)[C@@H]2CCCN(C(=O)OC(C)(C)C)[C@H]2c2ccc(N(c3ncnc4cccnc34)C3CCCC3)cc2)cc1C(F)(F)F. The first kappa shape index (κ1) is 34.1. The third-order valence-electron chi connectivity index (χ3n) is 9.21. The Hall–Kier alpha value is -4.74. The zero-order valence-corrected chi connectivity index (χ0v) is 28.1. The normalized spacial score (nSPS) is 18.8. The summed E-state index contributed by atoms with van der Waals surface area (Å²) in [5, 5.41) is 2.72. The smallest absolute Gasteiger partial charge is 0.416 e. The Bertz CT molecular complexity index is 1810. The Labute approximate surface area is 283 Å². The fraction of sp³-hybridized carbons (Fsp3) is 0.432. The fourth-order valence-electron chi connectivity index (χ4n) is 7.01. The van der Waals surface area contributed by atoms with E-state index in [2.05, 4.69) is 25.2 Å². The van der Waals surface area contributed by atoms with E-state index in [1.54, 1.807) is 38.2 Å². The van der Waals surface area contributed by atoms with Crippen molar-refractivity contribution >= 4 is 40.2 Å². The molecule has 258 valence electrons. The van der Waals surface area contributed by atoms with E-state index in [0.717, 1.165) is 43.0 Å². The molecule has 4 aromatic rings. The molecule has 1 aliphatic heterocycles. The van der Waals surface area contributed by atoms with E-state index < -0.39 is 41.3 Å². The number of rotatable bonds is 6. The first-order chi connectivity index (χ1) is 23.3. The summed E-state index contributed by atoms with van der Waals surface area (Å²) in [6, 6.07) is 14.8. The number of carbonyl (C=O) groups is 2. The van der Waals surface area contributed by atoms with Gasteiger partial charge in [0, 0.05) is 30.2 Å². The molecule has 1 aliphatic carbocycles. The summed E-state index contributed by atoms with van der Waals surface area (Å²) >= 11 is 0. The topological polar surface area (TPSA) is 101 Å². The summed E-state index contributed by atoms with van der Waals surface area (Å²) in [6.45, 7) is 7.08. The number of hydrogen-bond acceptors (Lipinski definition) is 7. The third-order valence-corrected chi connectivity index (χ3v) is 9.21. The van der Waals surface area contributed by atoms with E-state index in [0.29, 0.717) is 36.3 Å². The van der Waals surface area contributed by atoms with Crippen molar-refractivity contribution in [3.05, 3.63) is 83.8 Å². The standard InChI is InChI=1S/C37H41F3N6O3/c1-23-13-16-25(21-29(23)37(38,39)40)44-34(47)28-11-8-20-45(35(48)49-36(2,3)4)32(28)24-14-17-27(18-15-24)46(26-9-5-6-10-26)33-31-30(42-22-43-33)12-7-19-41-31/h7,12-19,21-22,26,28,32H,5-6,8-11,20H2,1-4H3,(H,44,47)/t28-,32+/m1/s1. The van der Waals surface area contributed by atoms with E-state index in [-0.39, 0.29) is 17.3 Å². The second-order valence-corrected chi connectivity index (χ2v) is 13.9. The van der Waals surface area contributed by atoms with Gasteiger partial charge >= 0.3 is 12.3 Å². The predicted molar refractivity (Wildman–Crippen MR) is 181 cm³/mol. The molecule has 0 bridgehead atoms. The lowest BCUT2D eigenvalue weighted by Gasteiger charge is -2.41. The van der Waals surface area contributed by atoms with Crippen LogP contribution in [0.25, 0.3) is 11.0 Å². The van der Waals surface area contributed by atoms with E-state index in [4.69, 9.17) is 4.74 Å². The summed E-state index contributed by atoms with van der Waals surface area (Å²) in [7, 11) is 0. The van der Waals surface area contributed by atoms with Gasteiger partial charge in [-0.1, -0.05) is 31.0 Å². The second kappa shape index (κ2) is 13.6. The maximum absolute atomic E-state index is 13.9. The van der Waals surface area contributed by atoms with Gasteiger partial charge in [0.1, 0.15) is 17.4 Å². The van der Waals surface area contributed by atoms with Crippen molar-refractivity contribution in [3.8, 4) is 0 Å². The number of amides is 2. The Balaban J connectivity index is 1.36. The summed E-state index contributed by atoms with van der Waals surface area (Å²) in [5.41, 5.74) is 1.58. The van der Waals surface area contributed by atoms with Crippen molar-refractivity contribution in [2.75, 3.05) is 16.8 Å². The highest BCUT2D eigenvalue weighted by atomic mass is 19.4. The van der Waals surface area contributed by atoms with Crippen LogP contribution in [0.4, 0.5) is 35.2 Å². The molecule has 2 fully saturated rings. The summed E-state index contributed by atoms with van der Waals surface area (Å²) in [5.74, 6) is -0.499. The molecule has 0 radical (unpaired) electrons. The number of likely N-dealkylation sites (tertiary alicyclic amines) is 1. The zero-order chi connectivity index (χ0) is 34.9. The van der Waals surface area contributed by atoms with Crippen LogP contribution in [0.2, 0.25) is 0 Å². The quantitative estimate of drug-likeness (QED) is 0.218. The van der Waals surface area contributed by atoms with Crippen LogP contribution in [0, 0.1) is 12.8 Å². The lowest BCUT2D eigenvalue weighted by Crippen LogP contribution is -2.48. The van der Waals surface area contributed by atoms with Gasteiger partial charge in [-0.2, -0.15) is 13.2 Å². The molecule has 2 atom stereocenters. The number of ether oxygens (including phenoxy) is 1. The maximum Gasteiger partial charge on any atom is 0.416 e. The zero-order valence-electron chi connectivity index (χ0n) is 28.1. The minimum Gasteiger partial charge on any atom is -0.444 e. The van der Waals surface area contributed by atoms with E-state index in [1.165, 1.54) is 19.1 Å². The van der Waals surface area contributed by atoms with Gasteiger partial charge in [-0.15, -0.1) is 0 Å². The first-order valence-corrected chi connectivity index (χ1v) is 16.7. The van der Waals surface area contributed by atoms with E-state index in [1.807, 2.05) is 36.4 Å². The molecule has 1 N–H and O–H groups in total. The van der Waals surface area contributed by atoms with Crippen LogP contribution in [-0.2, 0) is 15.7 Å². The Kier molecular flexibility index (Phi) is 9.50. The van der Waals surface area contributed by atoms with E-state index >= 15 is 0 Å². The van der Waals surface area contributed by atoms with Crippen molar-refractivity contribution in [2.24, 2.45) is 5.92 Å². The molecular weight excluding hydrogens is 633 g/mol. The number of alkyl halides is 3. The molecule has 2 amide bonds. The highest BCUT2D eigenvalue weighted by Crippen LogP contribution is 2.41. The number of nitrogens with one attached hydrogen (secondary N) is 1. The van der Waals surface area contributed by atoms with Gasteiger partial charge in [0.2, 0.25) is 5.91 Å².